The van der Waals surface area contributed by atoms with Gasteiger partial charge in [0.2, 0.25) is 0 Å². The molecule has 0 atom stereocenters. The number of fused-ring (bicyclic) bond motifs is 1. The summed E-state index contributed by atoms with van der Waals surface area (Å²) in [5.74, 6) is -2.46. The van der Waals surface area contributed by atoms with E-state index in [1.165, 1.54) is 0 Å². The smallest absolute Gasteiger partial charge is 0.322 e. The number of amides is 2. The highest BCUT2D eigenvalue weighted by Crippen LogP contribution is 2.35. The lowest BCUT2D eigenvalue weighted by Gasteiger charge is -2.11. The van der Waals surface area contributed by atoms with Gasteiger partial charge in [0.05, 0.1) is 10.9 Å². The van der Waals surface area contributed by atoms with Crippen LogP contribution in [0, 0.1) is 0 Å². The molecule has 3 rings (SSSR count). The zero-order chi connectivity index (χ0) is 24.0. The summed E-state index contributed by atoms with van der Waals surface area (Å²) in [6.45, 7) is 1.39. The average Bonchev–Trinajstić information content (AvgIpc) is 3.10. The molecule has 3 aromatic rings. The Balaban J connectivity index is 2.14. The van der Waals surface area contributed by atoms with Crippen LogP contribution in [0.5, 0.6) is 5.75 Å². The second-order valence-electron chi connectivity index (χ2n) is 7.17. The first-order valence-electron chi connectivity index (χ1n) is 10.2. The van der Waals surface area contributed by atoms with Crippen molar-refractivity contribution in [2.75, 3.05) is 13.2 Å². The molecule has 0 bridgehead atoms. The van der Waals surface area contributed by atoms with Gasteiger partial charge in [-0.25, -0.2) is 0 Å². The molecule has 172 valence electrons. The minimum Gasteiger partial charge on any atom is -0.483 e. The fraction of sp³-hybridized carbons (Fsp3) is 0.217. The van der Waals surface area contributed by atoms with E-state index >= 15 is 0 Å². The van der Waals surface area contributed by atoms with E-state index in [0.29, 0.717) is 35.1 Å². The van der Waals surface area contributed by atoms with Gasteiger partial charge in [-0.3, -0.25) is 14.4 Å². The van der Waals surface area contributed by atoms with Crippen molar-refractivity contribution in [1.29, 1.82) is 0 Å². The van der Waals surface area contributed by atoms with Crippen LogP contribution < -0.4 is 15.8 Å². The van der Waals surface area contributed by atoms with Gasteiger partial charge in [-0.15, -0.1) is 0 Å². The molecule has 1 aromatic heterocycles. The first-order chi connectivity index (χ1) is 15.9. The summed E-state index contributed by atoms with van der Waals surface area (Å²) >= 11 is 0. The predicted molar refractivity (Wildman–Crippen MR) is 121 cm³/mol. The van der Waals surface area contributed by atoms with Crippen molar-refractivity contribution in [3.63, 3.8) is 0 Å². The number of hydrogen-bond acceptors (Lipinski definition) is 6. The average molecular weight is 452 g/mol. The van der Waals surface area contributed by atoms with Crippen molar-refractivity contribution < 1.29 is 29.4 Å². The number of aromatic nitrogens is 1. The molecule has 0 fully saturated rings. The highest BCUT2D eigenvalue weighted by atomic mass is 16.5. The second-order valence-corrected chi connectivity index (χ2v) is 7.17. The molecule has 10 nitrogen and oxygen atoms in total. The highest BCUT2D eigenvalue weighted by molar-refractivity contribution is 6.47. The van der Waals surface area contributed by atoms with Crippen LogP contribution in [0.4, 0.5) is 0 Å². The van der Waals surface area contributed by atoms with E-state index in [1.54, 1.807) is 12.1 Å². The molecule has 5 N–H and O–H groups in total. The first-order valence-corrected chi connectivity index (χ1v) is 10.2. The number of nitrogens with zero attached hydrogens (tertiary/aromatic N) is 2. The molecule has 0 saturated heterocycles. The van der Waals surface area contributed by atoms with Crippen LogP contribution in [0.15, 0.2) is 53.7 Å². The Hall–Kier alpha value is -4.34. The molecule has 2 amide bonds. The van der Waals surface area contributed by atoms with E-state index in [0.717, 1.165) is 5.56 Å². The number of carbonyl (C=O) groups excluding carboxylic acids is 2. The molecule has 0 spiro atoms. The number of nitrogens with one attached hydrogen (secondary N) is 1. The van der Waals surface area contributed by atoms with Gasteiger partial charge in [-0.2, -0.15) is 0 Å². The number of primary amides is 1. The van der Waals surface area contributed by atoms with Crippen molar-refractivity contribution in [2.24, 2.45) is 10.9 Å². The molecule has 0 saturated carbocycles. The van der Waals surface area contributed by atoms with E-state index in [1.807, 2.05) is 47.9 Å². The Morgan fingerprint density at radius 3 is 2.45 bits per heavy atom. The Bertz CT molecular complexity index is 1220. The summed E-state index contributed by atoms with van der Waals surface area (Å²) in [6.07, 6.45) is 0.488. The van der Waals surface area contributed by atoms with Gasteiger partial charge < -0.3 is 30.7 Å². The summed E-state index contributed by atoms with van der Waals surface area (Å²) in [6, 6.07) is 14.9. The molecule has 10 heteroatoms. The lowest BCUT2D eigenvalue weighted by atomic mass is 10.0. The number of rotatable bonds is 10. The molecule has 0 aliphatic carbocycles. The maximum absolute atomic E-state index is 12.1. The van der Waals surface area contributed by atoms with Crippen LogP contribution >= 0.6 is 0 Å². The van der Waals surface area contributed by atoms with E-state index in [-0.39, 0.29) is 11.5 Å². The maximum Gasteiger partial charge on any atom is 0.322 e. The zero-order valence-corrected chi connectivity index (χ0v) is 17.9. The molecule has 0 unspecified atom stereocenters. The number of carboxylic acid groups (broad SMARTS) is 1. The fourth-order valence-electron chi connectivity index (χ4n) is 3.70. The Labute approximate surface area is 189 Å². The summed E-state index contributed by atoms with van der Waals surface area (Å²) in [4.78, 5) is 34.7. The standard InChI is InChI=1S/C23H24N4O6/c1-2-15-21(22(26-32)23(24)31)20-16(27(15)12-14-7-4-3-5-8-14)9-6-10-17(20)33-13-18(28)25-11-19(29)30/h3-10,32H,2,11-13H2,1H3,(H2,24,31)(H,25,28)(H,29,30)/b26-22-. The molecule has 0 radical (unpaired) electrons. The van der Waals surface area contributed by atoms with Gasteiger partial charge >= 0.3 is 5.97 Å². The number of hydrogen-bond donors (Lipinski definition) is 4. The number of ether oxygens (including phenoxy) is 1. The van der Waals surface area contributed by atoms with Crippen molar-refractivity contribution >= 4 is 34.4 Å². The quantitative estimate of drug-likeness (QED) is 0.207. The SMILES string of the molecule is CCc1c(/C(=N/O)C(N)=O)c2c(OCC(=O)NCC(=O)O)cccc2n1Cc1ccccc1. The Morgan fingerprint density at radius 2 is 1.85 bits per heavy atom. The predicted octanol–water partition coefficient (Wildman–Crippen LogP) is 1.50. The van der Waals surface area contributed by atoms with Crippen LogP contribution in [0.2, 0.25) is 0 Å². The molecule has 1 heterocycles. The van der Waals surface area contributed by atoms with Crippen LogP contribution in [-0.4, -0.2) is 51.5 Å². The number of aliphatic carboxylic acids is 1. The summed E-state index contributed by atoms with van der Waals surface area (Å²) in [7, 11) is 0. The molecular formula is C23H24N4O6. The number of carboxylic acids is 1. The zero-order valence-electron chi connectivity index (χ0n) is 17.9. The van der Waals surface area contributed by atoms with Gasteiger partial charge in [-0.05, 0) is 24.1 Å². The topological polar surface area (TPSA) is 156 Å². The van der Waals surface area contributed by atoms with Crippen LogP contribution in [0.3, 0.4) is 0 Å². The van der Waals surface area contributed by atoms with E-state index < -0.39 is 30.9 Å². The summed E-state index contributed by atoms with van der Waals surface area (Å²) < 4.78 is 7.66. The largest absolute Gasteiger partial charge is 0.483 e. The lowest BCUT2D eigenvalue weighted by Crippen LogP contribution is -2.33. The van der Waals surface area contributed by atoms with Crippen molar-refractivity contribution in [3.05, 3.63) is 65.4 Å². The number of benzene rings is 2. The third-order valence-electron chi connectivity index (χ3n) is 5.04. The van der Waals surface area contributed by atoms with E-state index in [4.69, 9.17) is 15.6 Å². The van der Waals surface area contributed by atoms with Gasteiger partial charge in [0.1, 0.15) is 12.3 Å². The minimum atomic E-state index is -1.18. The lowest BCUT2D eigenvalue weighted by molar-refractivity contribution is -0.138. The fourth-order valence-corrected chi connectivity index (χ4v) is 3.70. The molecule has 0 aliphatic heterocycles. The van der Waals surface area contributed by atoms with Crippen LogP contribution in [0.1, 0.15) is 23.7 Å². The van der Waals surface area contributed by atoms with Gasteiger partial charge in [0.15, 0.2) is 12.3 Å². The second kappa shape index (κ2) is 10.3. The third kappa shape index (κ3) is 5.12. The van der Waals surface area contributed by atoms with Crippen molar-refractivity contribution in [1.82, 2.24) is 9.88 Å². The Morgan fingerprint density at radius 1 is 1.12 bits per heavy atom. The minimum absolute atomic E-state index is 0.261. The van der Waals surface area contributed by atoms with Gasteiger partial charge in [0.25, 0.3) is 11.8 Å². The van der Waals surface area contributed by atoms with Crippen LogP contribution in [-0.2, 0) is 27.3 Å². The first kappa shape index (κ1) is 23.3. The summed E-state index contributed by atoms with van der Waals surface area (Å²) in [5, 5.41) is 24.1. The van der Waals surface area contributed by atoms with Gasteiger partial charge in [-0.1, -0.05) is 48.5 Å². The third-order valence-corrected chi connectivity index (χ3v) is 5.04. The molecule has 0 aliphatic rings. The van der Waals surface area contributed by atoms with Crippen molar-refractivity contribution in [3.8, 4) is 5.75 Å². The van der Waals surface area contributed by atoms with Gasteiger partial charge in [0, 0.05) is 17.8 Å². The number of nitrogens with two attached hydrogens (primary N) is 1. The number of oxime groups is 1. The molecular weight excluding hydrogens is 428 g/mol. The molecule has 33 heavy (non-hydrogen) atoms. The maximum atomic E-state index is 12.1. The van der Waals surface area contributed by atoms with Crippen LogP contribution in [0.25, 0.3) is 10.9 Å². The molecule has 2 aromatic carbocycles. The van der Waals surface area contributed by atoms with E-state index in [9.17, 15) is 19.6 Å². The number of carbonyl (C=O) groups is 3. The van der Waals surface area contributed by atoms with E-state index in [2.05, 4.69) is 10.5 Å². The summed E-state index contributed by atoms with van der Waals surface area (Å²) in [5.41, 5.74) is 7.89. The van der Waals surface area contributed by atoms with Crippen molar-refractivity contribution in [2.45, 2.75) is 19.9 Å². The highest BCUT2D eigenvalue weighted by Gasteiger charge is 2.26. The monoisotopic (exact) mass is 452 g/mol. The normalized spacial score (nSPS) is 11.4. The Kier molecular flexibility index (Phi) is 7.29.